The Labute approximate surface area is 175 Å². The topological polar surface area (TPSA) is 117 Å². The Morgan fingerprint density at radius 1 is 1.03 bits per heavy atom. The molecule has 0 amide bonds. The van der Waals surface area contributed by atoms with Crippen molar-refractivity contribution in [2.75, 3.05) is 18.5 Å². The number of carbonyl (C=O) groups excluding carboxylic acids is 2. The monoisotopic (exact) mass is 442 g/mol. The second kappa shape index (κ2) is 11.1. The molecule has 154 valence electrons. The zero-order valence-corrected chi connectivity index (χ0v) is 16.4. The summed E-state index contributed by atoms with van der Waals surface area (Å²) in [5.74, 6) is -1.72. The zero-order chi connectivity index (χ0) is 21.2. The fourth-order valence-corrected chi connectivity index (χ4v) is 2.68. The van der Waals surface area contributed by atoms with Gasteiger partial charge in [-0.1, -0.05) is 59.6 Å². The number of hydrogen-bond donors (Lipinski definition) is 1. The van der Waals surface area contributed by atoms with E-state index in [0.29, 0.717) is 5.56 Å². The molecule has 0 aliphatic rings. The van der Waals surface area contributed by atoms with Gasteiger partial charge in [-0.3, -0.25) is 4.79 Å². The van der Waals surface area contributed by atoms with E-state index in [2.05, 4.69) is 10.2 Å². The van der Waals surface area contributed by atoms with Gasteiger partial charge in [-0.05, 0) is 17.7 Å². The SMILES string of the molecule is O=C(Cc1ccccc1)OC(Nc1c(Cl)cccc1Cl)C(=O)OCCO[N+](=O)[O-]. The minimum Gasteiger partial charge on any atom is -0.459 e. The van der Waals surface area contributed by atoms with Gasteiger partial charge in [-0.25, -0.2) is 4.79 Å². The fourth-order valence-electron chi connectivity index (χ4n) is 2.17. The van der Waals surface area contributed by atoms with Crippen LogP contribution in [0.25, 0.3) is 0 Å². The van der Waals surface area contributed by atoms with Crippen molar-refractivity contribution in [3.05, 3.63) is 74.3 Å². The van der Waals surface area contributed by atoms with Crippen LogP contribution in [0, 0.1) is 10.1 Å². The highest BCUT2D eigenvalue weighted by molar-refractivity contribution is 6.39. The van der Waals surface area contributed by atoms with Gasteiger partial charge < -0.3 is 19.6 Å². The van der Waals surface area contributed by atoms with Gasteiger partial charge in [0.05, 0.1) is 22.2 Å². The summed E-state index contributed by atoms with van der Waals surface area (Å²) in [5, 5.41) is 12.1. The maximum absolute atomic E-state index is 12.3. The van der Waals surface area contributed by atoms with Crippen molar-refractivity contribution in [1.29, 1.82) is 0 Å². The van der Waals surface area contributed by atoms with Crippen molar-refractivity contribution in [3.63, 3.8) is 0 Å². The van der Waals surface area contributed by atoms with Crippen molar-refractivity contribution in [2.45, 2.75) is 12.6 Å². The maximum Gasteiger partial charge on any atom is 0.369 e. The Bertz CT molecular complexity index is 844. The number of ether oxygens (including phenoxy) is 2. The summed E-state index contributed by atoms with van der Waals surface area (Å²) < 4.78 is 10.1. The molecule has 0 aromatic heterocycles. The highest BCUT2D eigenvalue weighted by Crippen LogP contribution is 2.30. The molecule has 0 aliphatic carbocycles. The van der Waals surface area contributed by atoms with Crippen molar-refractivity contribution >= 4 is 40.8 Å². The van der Waals surface area contributed by atoms with E-state index in [1.54, 1.807) is 36.4 Å². The third-order valence-electron chi connectivity index (χ3n) is 3.42. The molecule has 0 saturated heterocycles. The van der Waals surface area contributed by atoms with Gasteiger partial charge in [-0.2, -0.15) is 0 Å². The highest BCUT2D eigenvalue weighted by atomic mass is 35.5. The van der Waals surface area contributed by atoms with Gasteiger partial charge in [0, 0.05) is 0 Å². The lowest BCUT2D eigenvalue weighted by atomic mass is 10.2. The summed E-state index contributed by atoms with van der Waals surface area (Å²) in [6.07, 6.45) is -1.67. The number of nitrogens with one attached hydrogen (secondary N) is 1. The summed E-state index contributed by atoms with van der Waals surface area (Å²) in [6, 6.07) is 13.4. The normalized spacial score (nSPS) is 11.2. The molecular formula is C18H16Cl2N2O7. The molecule has 0 spiro atoms. The molecule has 0 fully saturated rings. The van der Waals surface area contributed by atoms with Gasteiger partial charge >= 0.3 is 11.9 Å². The van der Waals surface area contributed by atoms with Crippen LogP contribution in [0.3, 0.4) is 0 Å². The van der Waals surface area contributed by atoms with E-state index in [9.17, 15) is 19.7 Å². The first-order valence-corrected chi connectivity index (χ1v) is 9.00. The number of rotatable bonds is 10. The highest BCUT2D eigenvalue weighted by Gasteiger charge is 2.26. The van der Waals surface area contributed by atoms with Gasteiger partial charge in [0.25, 0.3) is 11.3 Å². The minimum absolute atomic E-state index is 0.0903. The van der Waals surface area contributed by atoms with Gasteiger partial charge in [0.1, 0.15) is 13.2 Å². The summed E-state index contributed by atoms with van der Waals surface area (Å²) >= 11 is 12.1. The molecule has 1 unspecified atom stereocenters. The summed E-state index contributed by atoms with van der Waals surface area (Å²) in [4.78, 5) is 38.8. The third-order valence-corrected chi connectivity index (χ3v) is 4.05. The summed E-state index contributed by atoms with van der Waals surface area (Å²) in [7, 11) is 0. The van der Waals surface area contributed by atoms with Crippen LogP contribution in [0.5, 0.6) is 0 Å². The molecule has 1 atom stereocenters. The van der Waals surface area contributed by atoms with Crippen molar-refractivity contribution in [3.8, 4) is 0 Å². The molecule has 1 N–H and O–H groups in total. The number of halogens is 2. The largest absolute Gasteiger partial charge is 0.459 e. The average Bonchev–Trinajstić information content (AvgIpc) is 2.67. The van der Waals surface area contributed by atoms with E-state index >= 15 is 0 Å². The molecule has 9 nitrogen and oxygen atoms in total. The Hall–Kier alpha value is -3.04. The standard InChI is InChI=1S/C18H16Cl2N2O7/c19-13-7-4-8-14(20)16(13)21-17(18(24)27-9-10-28-22(25)26)29-15(23)11-12-5-2-1-3-6-12/h1-8,17,21H,9-11H2. The quantitative estimate of drug-likeness (QED) is 0.196. The Balaban J connectivity index is 2.08. The van der Waals surface area contributed by atoms with Crippen LogP contribution >= 0.6 is 23.2 Å². The third kappa shape index (κ3) is 7.47. The number of anilines is 1. The van der Waals surface area contributed by atoms with Gasteiger partial charge in [-0.15, -0.1) is 10.1 Å². The molecule has 11 heteroatoms. The molecule has 0 radical (unpaired) electrons. The Kier molecular flexibility index (Phi) is 8.50. The first kappa shape index (κ1) is 22.3. The molecule has 29 heavy (non-hydrogen) atoms. The average molecular weight is 443 g/mol. The van der Waals surface area contributed by atoms with Crippen molar-refractivity contribution in [2.24, 2.45) is 0 Å². The fraction of sp³-hybridized carbons (Fsp3) is 0.222. The van der Waals surface area contributed by atoms with Crippen LogP contribution < -0.4 is 5.32 Å². The number of nitrogens with zero attached hydrogens (tertiary/aromatic N) is 1. The van der Waals surface area contributed by atoms with E-state index in [-0.39, 0.29) is 22.2 Å². The van der Waals surface area contributed by atoms with Crippen molar-refractivity contribution in [1.82, 2.24) is 0 Å². The number of carbonyl (C=O) groups is 2. The number of hydrogen-bond acceptors (Lipinski definition) is 8. The van der Waals surface area contributed by atoms with Gasteiger partial charge in [0.15, 0.2) is 0 Å². The molecule has 0 heterocycles. The van der Waals surface area contributed by atoms with Crippen LogP contribution in [0.2, 0.25) is 10.0 Å². The summed E-state index contributed by atoms with van der Waals surface area (Å²) in [6.45, 7) is -0.902. The molecule has 0 bridgehead atoms. The molecule has 2 aromatic carbocycles. The van der Waals surface area contributed by atoms with Crippen LogP contribution in [-0.4, -0.2) is 36.5 Å². The predicted molar refractivity (Wildman–Crippen MR) is 104 cm³/mol. The van der Waals surface area contributed by atoms with Crippen molar-refractivity contribution < 1.29 is 29.0 Å². The van der Waals surface area contributed by atoms with Crippen LogP contribution in [0.1, 0.15) is 5.56 Å². The lowest BCUT2D eigenvalue weighted by molar-refractivity contribution is -0.757. The number of para-hydroxylation sites is 1. The van der Waals surface area contributed by atoms with Crippen LogP contribution in [-0.2, 0) is 30.3 Å². The molecule has 2 aromatic rings. The van der Waals surface area contributed by atoms with E-state index in [0.717, 1.165) is 0 Å². The molecule has 0 saturated carbocycles. The van der Waals surface area contributed by atoms with E-state index < -0.39 is 36.5 Å². The van der Waals surface area contributed by atoms with Gasteiger partial charge in [0.2, 0.25) is 0 Å². The Morgan fingerprint density at radius 3 is 2.31 bits per heavy atom. The first-order chi connectivity index (χ1) is 13.9. The Morgan fingerprint density at radius 2 is 1.69 bits per heavy atom. The minimum atomic E-state index is -1.58. The van der Waals surface area contributed by atoms with Crippen LogP contribution in [0.15, 0.2) is 48.5 Å². The van der Waals surface area contributed by atoms with Crippen LogP contribution in [0.4, 0.5) is 5.69 Å². The van der Waals surface area contributed by atoms with E-state index in [4.69, 9.17) is 32.7 Å². The molecular weight excluding hydrogens is 427 g/mol. The molecule has 0 aliphatic heterocycles. The summed E-state index contributed by atoms with van der Waals surface area (Å²) in [5.41, 5.74) is 0.839. The first-order valence-electron chi connectivity index (χ1n) is 8.24. The lowest BCUT2D eigenvalue weighted by Crippen LogP contribution is -2.37. The number of esters is 2. The zero-order valence-electron chi connectivity index (χ0n) is 14.9. The van der Waals surface area contributed by atoms with E-state index in [1.807, 2.05) is 0 Å². The second-order valence-corrected chi connectivity index (χ2v) is 6.31. The predicted octanol–water partition coefficient (Wildman–Crippen LogP) is 3.27. The smallest absolute Gasteiger partial charge is 0.369 e. The maximum atomic E-state index is 12.3. The van der Waals surface area contributed by atoms with E-state index in [1.165, 1.54) is 12.1 Å². The molecule has 2 rings (SSSR count). The number of benzene rings is 2. The lowest BCUT2D eigenvalue weighted by Gasteiger charge is -2.20. The second-order valence-electron chi connectivity index (χ2n) is 5.50.